The topological polar surface area (TPSA) is 70.1 Å². The zero-order valence-corrected chi connectivity index (χ0v) is 8.93. The van der Waals surface area contributed by atoms with Crippen molar-refractivity contribution in [1.29, 1.82) is 0 Å². The molecular weight excluding hydrogens is 194 g/mol. The molecule has 0 amide bonds. The quantitative estimate of drug-likeness (QED) is 0.725. The van der Waals surface area contributed by atoms with E-state index in [1.165, 1.54) is 7.11 Å². The number of aromatic nitrogens is 2. The molecule has 1 heterocycles. The number of rotatable bonds is 3. The average Bonchev–Trinajstić information content (AvgIpc) is 2.93. The number of carbonyl (C=O) groups excluding carboxylic acids is 1. The molecule has 1 aromatic heterocycles. The Balaban J connectivity index is 2.29. The van der Waals surface area contributed by atoms with Gasteiger partial charge in [-0.25, -0.2) is 4.79 Å². The highest BCUT2D eigenvalue weighted by Gasteiger charge is 2.41. The van der Waals surface area contributed by atoms with Gasteiger partial charge in [0.1, 0.15) is 5.56 Å². The van der Waals surface area contributed by atoms with Crippen molar-refractivity contribution in [3.05, 3.63) is 17.5 Å². The first-order valence-electron chi connectivity index (χ1n) is 4.99. The van der Waals surface area contributed by atoms with Crippen molar-refractivity contribution in [3.8, 4) is 0 Å². The summed E-state index contributed by atoms with van der Waals surface area (Å²) >= 11 is 0. The molecule has 2 rings (SSSR count). The van der Waals surface area contributed by atoms with Crippen molar-refractivity contribution >= 4 is 5.97 Å². The van der Waals surface area contributed by atoms with E-state index in [1.54, 1.807) is 10.9 Å². The molecule has 0 radical (unpaired) electrons. The standard InChI is InChI=1S/C10H15N3O2/c1-13-9(7-3-6(7)4-11)8(5-12-13)10(14)15-2/h5-7H,3-4,11H2,1-2H3. The summed E-state index contributed by atoms with van der Waals surface area (Å²) in [6.45, 7) is 0.663. The minimum atomic E-state index is -0.319. The van der Waals surface area contributed by atoms with E-state index in [-0.39, 0.29) is 5.97 Å². The second-order valence-corrected chi connectivity index (χ2v) is 3.90. The molecule has 1 saturated carbocycles. The third kappa shape index (κ3) is 1.63. The summed E-state index contributed by atoms with van der Waals surface area (Å²) in [7, 11) is 3.22. The smallest absolute Gasteiger partial charge is 0.341 e. The fourth-order valence-corrected chi connectivity index (χ4v) is 2.00. The van der Waals surface area contributed by atoms with E-state index in [9.17, 15) is 4.79 Å². The Morgan fingerprint density at radius 2 is 2.53 bits per heavy atom. The van der Waals surface area contributed by atoms with Gasteiger partial charge in [0.25, 0.3) is 0 Å². The summed E-state index contributed by atoms with van der Waals surface area (Å²) in [5, 5.41) is 4.09. The van der Waals surface area contributed by atoms with Crippen LogP contribution in [0.5, 0.6) is 0 Å². The number of aryl methyl sites for hydroxylation is 1. The third-order valence-corrected chi connectivity index (χ3v) is 2.97. The summed E-state index contributed by atoms with van der Waals surface area (Å²) in [5.41, 5.74) is 7.12. The number of carbonyl (C=O) groups is 1. The van der Waals surface area contributed by atoms with Gasteiger partial charge in [-0.3, -0.25) is 4.68 Å². The maximum absolute atomic E-state index is 11.5. The van der Waals surface area contributed by atoms with Crippen LogP contribution in [-0.2, 0) is 11.8 Å². The number of ether oxygens (including phenoxy) is 1. The summed E-state index contributed by atoms with van der Waals surface area (Å²) < 4.78 is 6.46. The van der Waals surface area contributed by atoms with Crippen LogP contribution in [0.15, 0.2) is 6.20 Å². The van der Waals surface area contributed by atoms with Crippen molar-refractivity contribution < 1.29 is 9.53 Å². The molecule has 2 atom stereocenters. The van der Waals surface area contributed by atoms with Crippen LogP contribution in [-0.4, -0.2) is 29.4 Å². The van der Waals surface area contributed by atoms with Crippen LogP contribution in [0.3, 0.4) is 0 Å². The van der Waals surface area contributed by atoms with Crippen LogP contribution in [0.1, 0.15) is 28.4 Å². The summed E-state index contributed by atoms with van der Waals surface area (Å²) in [5.74, 6) is 0.543. The molecule has 5 nitrogen and oxygen atoms in total. The number of hydrogen-bond acceptors (Lipinski definition) is 4. The maximum atomic E-state index is 11.5. The highest BCUT2D eigenvalue weighted by molar-refractivity contribution is 5.90. The van der Waals surface area contributed by atoms with Gasteiger partial charge in [-0.2, -0.15) is 5.10 Å². The predicted molar refractivity (Wildman–Crippen MR) is 54.4 cm³/mol. The molecule has 2 N–H and O–H groups in total. The minimum Gasteiger partial charge on any atom is -0.465 e. The lowest BCUT2D eigenvalue weighted by Gasteiger charge is -2.03. The molecular formula is C10H15N3O2. The van der Waals surface area contributed by atoms with Crippen molar-refractivity contribution in [2.24, 2.45) is 18.7 Å². The first-order chi connectivity index (χ1) is 7.19. The molecule has 0 bridgehead atoms. The Morgan fingerprint density at radius 3 is 3.07 bits per heavy atom. The molecule has 1 aromatic rings. The maximum Gasteiger partial charge on any atom is 0.341 e. The molecule has 1 fully saturated rings. The van der Waals surface area contributed by atoms with Crippen molar-refractivity contribution in [3.63, 3.8) is 0 Å². The first-order valence-corrected chi connectivity index (χ1v) is 4.99. The number of esters is 1. The predicted octanol–water partition coefficient (Wildman–Crippen LogP) is 0.269. The molecule has 2 unspecified atom stereocenters. The van der Waals surface area contributed by atoms with Gasteiger partial charge >= 0.3 is 5.97 Å². The molecule has 0 aromatic carbocycles. The Bertz CT molecular complexity index is 386. The molecule has 15 heavy (non-hydrogen) atoms. The van der Waals surface area contributed by atoms with Gasteiger partial charge in [-0.15, -0.1) is 0 Å². The van der Waals surface area contributed by atoms with E-state index < -0.39 is 0 Å². The Kier molecular flexibility index (Phi) is 2.48. The van der Waals surface area contributed by atoms with Crippen LogP contribution in [0.2, 0.25) is 0 Å². The molecule has 0 aliphatic heterocycles. The molecule has 5 heteroatoms. The molecule has 0 spiro atoms. The van der Waals surface area contributed by atoms with Crippen molar-refractivity contribution in [1.82, 2.24) is 9.78 Å². The van der Waals surface area contributed by atoms with Gasteiger partial charge in [0.15, 0.2) is 0 Å². The lowest BCUT2D eigenvalue weighted by molar-refractivity contribution is 0.0599. The first kappa shape index (κ1) is 10.2. The van der Waals surface area contributed by atoms with Crippen LogP contribution >= 0.6 is 0 Å². The van der Waals surface area contributed by atoms with Gasteiger partial charge in [-0.05, 0) is 18.9 Å². The normalized spacial score (nSPS) is 23.9. The van der Waals surface area contributed by atoms with Gasteiger partial charge < -0.3 is 10.5 Å². The Morgan fingerprint density at radius 1 is 1.80 bits per heavy atom. The molecule has 1 aliphatic carbocycles. The third-order valence-electron chi connectivity index (χ3n) is 2.97. The zero-order chi connectivity index (χ0) is 11.0. The lowest BCUT2D eigenvalue weighted by Crippen LogP contribution is -2.09. The second-order valence-electron chi connectivity index (χ2n) is 3.90. The summed E-state index contributed by atoms with van der Waals surface area (Å²) in [4.78, 5) is 11.5. The fraction of sp³-hybridized carbons (Fsp3) is 0.600. The van der Waals surface area contributed by atoms with E-state index in [0.717, 1.165) is 12.1 Å². The molecule has 1 aliphatic rings. The Hall–Kier alpha value is -1.36. The average molecular weight is 209 g/mol. The number of nitrogens with two attached hydrogens (primary N) is 1. The highest BCUT2D eigenvalue weighted by atomic mass is 16.5. The van der Waals surface area contributed by atoms with Crippen LogP contribution < -0.4 is 5.73 Å². The van der Waals surface area contributed by atoms with E-state index >= 15 is 0 Å². The SMILES string of the molecule is COC(=O)c1cnn(C)c1C1CC1CN. The highest BCUT2D eigenvalue weighted by Crippen LogP contribution is 2.47. The monoisotopic (exact) mass is 209 g/mol. The van der Waals surface area contributed by atoms with Gasteiger partial charge in [-0.1, -0.05) is 0 Å². The van der Waals surface area contributed by atoms with Crippen LogP contribution in [0.4, 0.5) is 0 Å². The van der Waals surface area contributed by atoms with Gasteiger partial charge in [0, 0.05) is 13.0 Å². The van der Waals surface area contributed by atoms with Crippen LogP contribution in [0, 0.1) is 5.92 Å². The lowest BCUT2D eigenvalue weighted by atomic mass is 10.1. The van der Waals surface area contributed by atoms with Gasteiger partial charge in [0.2, 0.25) is 0 Å². The summed E-state index contributed by atoms with van der Waals surface area (Å²) in [6, 6.07) is 0. The Labute approximate surface area is 88.2 Å². The van der Waals surface area contributed by atoms with E-state index in [0.29, 0.717) is 23.9 Å². The van der Waals surface area contributed by atoms with Crippen molar-refractivity contribution in [2.75, 3.05) is 13.7 Å². The fourth-order valence-electron chi connectivity index (χ4n) is 2.00. The molecule has 82 valence electrons. The number of nitrogens with zero attached hydrogens (tertiary/aromatic N) is 2. The van der Waals surface area contributed by atoms with Crippen LogP contribution in [0.25, 0.3) is 0 Å². The largest absolute Gasteiger partial charge is 0.465 e. The number of hydrogen-bond donors (Lipinski definition) is 1. The molecule has 0 saturated heterocycles. The van der Waals surface area contributed by atoms with Gasteiger partial charge in [0.05, 0.1) is 19.0 Å². The second kappa shape index (κ2) is 3.66. The minimum absolute atomic E-state index is 0.319. The van der Waals surface area contributed by atoms with E-state index in [1.807, 2.05) is 7.05 Å². The van der Waals surface area contributed by atoms with E-state index in [4.69, 9.17) is 10.5 Å². The van der Waals surface area contributed by atoms with Crippen molar-refractivity contribution in [2.45, 2.75) is 12.3 Å². The summed E-state index contributed by atoms with van der Waals surface area (Å²) in [6.07, 6.45) is 2.60. The zero-order valence-electron chi connectivity index (χ0n) is 8.93. The van der Waals surface area contributed by atoms with E-state index in [2.05, 4.69) is 5.10 Å². The number of methoxy groups -OCH3 is 1.